The molecule has 0 aliphatic heterocycles. The van der Waals surface area contributed by atoms with Crippen molar-refractivity contribution in [2.24, 2.45) is 12.8 Å². The third kappa shape index (κ3) is 6.57. The van der Waals surface area contributed by atoms with Crippen molar-refractivity contribution in [2.75, 3.05) is 14.2 Å². The molecule has 1 heterocycles. The smallest absolute Gasteiger partial charge is 0.327 e. The van der Waals surface area contributed by atoms with Gasteiger partial charge < -0.3 is 25.0 Å². The fourth-order valence-corrected chi connectivity index (χ4v) is 6.01. The van der Waals surface area contributed by atoms with Gasteiger partial charge in [0.1, 0.15) is 6.04 Å². The second-order valence-electron chi connectivity index (χ2n) is 11.2. The van der Waals surface area contributed by atoms with Crippen molar-refractivity contribution in [1.82, 2.24) is 14.8 Å². The minimum atomic E-state index is -1.73. The van der Waals surface area contributed by atoms with Gasteiger partial charge in [-0.2, -0.15) is 0 Å². The van der Waals surface area contributed by atoms with Crippen LogP contribution < -0.4 is 16.6 Å². The molecular formula is C38H37ClN4O4. The van der Waals surface area contributed by atoms with E-state index in [1.165, 1.54) is 13.3 Å². The van der Waals surface area contributed by atoms with Crippen LogP contribution in [0.15, 0.2) is 133 Å². The zero-order valence-electron chi connectivity index (χ0n) is 26.5. The van der Waals surface area contributed by atoms with Gasteiger partial charge in [0.25, 0.3) is 5.56 Å². The number of esters is 1. The summed E-state index contributed by atoms with van der Waals surface area (Å²) in [6.45, 7) is 4.25. The Morgan fingerprint density at radius 2 is 1.74 bits per heavy atom. The lowest BCUT2D eigenvalue weighted by Gasteiger charge is -2.36. The quantitative estimate of drug-likeness (QED) is 0.151. The number of benzene rings is 4. The molecule has 4 aromatic carbocycles. The predicted octanol–water partition coefficient (Wildman–Crippen LogP) is 5.97. The van der Waals surface area contributed by atoms with Crippen LogP contribution >= 0.6 is 11.6 Å². The van der Waals surface area contributed by atoms with E-state index in [1.807, 2.05) is 78.9 Å². The summed E-state index contributed by atoms with van der Waals surface area (Å²) in [7, 11) is 4.83. The lowest BCUT2D eigenvalue weighted by Crippen LogP contribution is -2.37. The van der Waals surface area contributed by atoms with E-state index in [2.05, 4.69) is 11.9 Å². The second-order valence-corrected chi connectivity index (χ2v) is 11.6. The van der Waals surface area contributed by atoms with Crippen LogP contribution in [0.4, 0.5) is 0 Å². The maximum atomic E-state index is 13.0. The first kappa shape index (κ1) is 33.2. The van der Waals surface area contributed by atoms with E-state index < -0.39 is 17.6 Å². The zero-order valence-corrected chi connectivity index (χ0v) is 27.2. The second kappa shape index (κ2) is 14.1. The van der Waals surface area contributed by atoms with Crippen molar-refractivity contribution in [3.8, 4) is 11.1 Å². The molecule has 1 aromatic heterocycles. The number of likely N-dealkylation sites (N-methyl/N-ethyl adjacent to an activating group) is 1. The molecule has 240 valence electrons. The topological polar surface area (TPSA) is 110 Å². The highest BCUT2D eigenvalue weighted by Gasteiger charge is 2.38. The molecule has 0 aliphatic rings. The number of methoxy groups -OCH3 is 1. The number of pyridine rings is 1. The molecule has 5 rings (SSSR count). The van der Waals surface area contributed by atoms with Crippen LogP contribution in [0.1, 0.15) is 28.3 Å². The fraction of sp³-hybridized carbons (Fsp3) is 0.158. The van der Waals surface area contributed by atoms with Gasteiger partial charge in [-0.25, -0.2) is 4.79 Å². The molecule has 0 saturated heterocycles. The van der Waals surface area contributed by atoms with Crippen LogP contribution in [-0.4, -0.2) is 34.7 Å². The summed E-state index contributed by atoms with van der Waals surface area (Å²) in [5.41, 5.74) is 9.57. The Balaban J connectivity index is 1.60. The van der Waals surface area contributed by atoms with Crippen LogP contribution in [0.2, 0.25) is 5.02 Å². The van der Waals surface area contributed by atoms with Gasteiger partial charge in [0.05, 0.1) is 18.3 Å². The number of aliphatic hydroxyl groups is 1. The van der Waals surface area contributed by atoms with Crippen LogP contribution in [0.25, 0.3) is 22.0 Å². The van der Waals surface area contributed by atoms with Gasteiger partial charge in [0.15, 0.2) is 5.60 Å². The SMILES string of the molecule is C=CN(C)/C(=C\N)C(O)(c1ccc(CNC(C(=O)OC)c2ccccc2)cc1)c1ccc2c(c1)c(-c1cccc(Cl)c1)cc(=O)n2C. The summed E-state index contributed by atoms with van der Waals surface area (Å²) in [5.74, 6) is -0.390. The molecular weight excluding hydrogens is 612 g/mol. The number of nitrogens with zero attached hydrogens (tertiary/aromatic N) is 2. The van der Waals surface area contributed by atoms with Gasteiger partial charge in [0.2, 0.25) is 0 Å². The minimum Gasteiger partial charge on any atom is -0.468 e. The Morgan fingerprint density at radius 1 is 1.04 bits per heavy atom. The maximum absolute atomic E-state index is 13.0. The first-order valence-corrected chi connectivity index (χ1v) is 15.4. The Bertz CT molecular complexity index is 2010. The van der Waals surface area contributed by atoms with Crippen LogP contribution in [0, 0.1) is 0 Å². The van der Waals surface area contributed by atoms with Crippen LogP contribution in [0.5, 0.6) is 0 Å². The lowest BCUT2D eigenvalue weighted by molar-refractivity contribution is -0.143. The number of nitrogens with two attached hydrogens (primary N) is 1. The Kier molecular flexibility index (Phi) is 9.96. The van der Waals surface area contributed by atoms with E-state index in [0.29, 0.717) is 39.5 Å². The number of hydrogen-bond donors (Lipinski definition) is 3. The first-order valence-electron chi connectivity index (χ1n) is 15.0. The molecule has 0 radical (unpaired) electrons. The standard InChI is InChI=1S/C38H37ClN4O4/c1-5-42(2)34(23-40)38(46,28-16-14-25(15-17-28)24-41-36(37(45)47-4)26-10-7-6-8-11-26)29-18-19-33-32(21-29)31(22-35(44)43(33)3)27-12-9-13-30(39)20-27/h5-23,36,41,46H,1,24,40H2,2-4H3/b34-23-. The molecule has 47 heavy (non-hydrogen) atoms. The van der Waals surface area contributed by atoms with E-state index in [9.17, 15) is 14.7 Å². The zero-order chi connectivity index (χ0) is 33.7. The van der Waals surface area contributed by atoms with Gasteiger partial charge >= 0.3 is 5.97 Å². The third-order valence-corrected chi connectivity index (χ3v) is 8.67. The van der Waals surface area contributed by atoms with E-state index >= 15 is 0 Å². The molecule has 0 spiro atoms. The van der Waals surface area contributed by atoms with Crippen molar-refractivity contribution in [3.05, 3.63) is 165 Å². The molecule has 2 unspecified atom stereocenters. The monoisotopic (exact) mass is 648 g/mol. The lowest BCUT2D eigenvalue weighted by atomic mass is 9.81. The third-order valence-electron chi connectivity index (χ3n) is 8.43. The van der Waals surface area contributed by atoms with Crippen molar-refractivity contribution in [2.45, 2.75) is 18.2 Å². The number of rotatable bonds is 11. The summed E-state index contributed by atoms with van der Waals surface area (Å²) in [6.07, 6.45) is 2.93. The van der Waals surface area contributed by atoms with Gasteiger partial charge in [-0.15, -0.1) is 0 Å². The van der Waals surface area contributed by atoms with Gasteiger partial charge in [0, 0.05) is 43.3 Å². The van der Waals surface area contributed by atoms with Gasteiger partial charge in [-0.1, -0.05) is 91.0 Å². The van der Waals surface area contributed by atoms with Crippen molar-refractivity contribution < 1.29 is 14.6 Å². The molecule has 2 atom stereocenters. The summed E-state index contributed by atoms with van der Waals surface area (Å²) < 4.78 is 6.61. The summed E-state index contributed by atoms with van der Waals surface area (Å²) in [4.78, 5) is 27.2. The molecule has 4 N–H and O–H groups in total. The normalized spacial score (nSPS) is 13.5. The van der Waals surface area contributed by atoms with E-state index in [4.69, 9.17) is 22.1 Å². The largest absolute Gasteiger partial charge is 0.468 e. The first-order chi connectivity index (χ1) is 22.6. The minimum absolute atomic E-state index is 0.171. The number of aryl methyl sites for hydroxylation is 1. The van der Waals surface area contributed by atoms with Crippen LogP contribution in [0.3, 0.4) is 0 Å². The number of aromatic nitrogens is 1. The fourth-order valence-electron chi connectivity index (χ4n) is 5.82. The highest BCUT2D eigenvalue weighted by atomic mass is 35.5. The Morgan fingerprint density at radius 3 is 2.38 bits per heavy atom. The number of carbonyl (C=O) groups is 1. The Labute approximate surface area is 279 Å². The average molecular weight is 649 g/mol. The van der Waals surface area contributed by atoms with Crippen LogP contribution in [-0.2, 0) is 28.7 Å². The van der Waals surface area contributed by atoms with Gasteiger partial charge in [-0.05, 0) is 63.8 Å². The number of fused-ring (bicyclic) bond motifs is 1. The average Bonchev–Trinajstić information content (AvgIpc) is 3.10. The maximum Gasteiger partial charge on any atom is 0.327 e. The van der Waals surface area contributed by atoms with E-state index in [0.717, 1.165) is 22.1 Å². The van der Waals surface area contributed by atoms with Gasteiger partial charge in [-0.3, -0.25) is 10.1 Å². The number of nitrogens with one attached hydrogen (secondary N) is 1. The highest BCUT2D eigenvalue weighted by Crippen LogP contribution is 2.40. The molecule has 8 nitrogen and oxygen atoms in total. The highest BCUT2D eigenvalue weighted by molar-refractivity contribution is 6.30. The summed E-state index contributed by atoms with van der Waals surface area (Å²) in [5, 5.41) is 17.3. The molecule has 0 fully saturated rings. The number of carbonyl (C=O) groups excluding carboxylic acids is 1. The number of ether oxygens (including phenoxy) is 1. The predicted molar refractivity (Wildman–Crippen MR) is 187 cm³/mol. The summed E-state index contributed by atoms with van der Waals surface area (Å²) in [6, 6.07) is 30.5. The molecule has 9 heteroatoms. The molecule has 0 amide bonds. The Hall–Kier alpha value is -5.15. The van der Waals surface area contributed by atoms with Crippen molar-refractivity contribution >= 4 is 28.5 Å². The molecule has 5 aromatic rings. The molecule has 0 aliphatic carbocycles. The van der Waals surface area contributed by atoms with Crippen molar-refractivity contribution in [3.63, 3.8) is 0 Å². The van der Waals surface area contributed by atoms with E-state index in [1.54, 1.807) is 54.0 Å². The number of halogens is 1. The van der Waals surface area contributed by atoms with E-state index in [-0.39, 0.29) is 5.56 Å². The molecule has 0 bridgehead atoms. The number of hydrogen-bond acceptors (Lipinski definition) is 7. The summed E-state index contributed by atoms with van der Waals surface area (Å²) >= 11 is 6.33. The van der Waals surface area contributed by atoms with Crippen molar-refractivity contribution in [1.29, 1.82) is 0 Å². The molecule has 0 saturated carbocycles.